The minimum absolute atomic E-state index is 0.00295. The van der Waals surface area contributed by atoms with Crippen molar-refractivity contribution >= 4 is 22.5 Å². The van der Waals surface area contributed by atoms with Crippen LogP contribution in [0.4, 0.5) is 5.69 Å². The summed E-state index contributed by atoms with van der Waals surface area (Å²) >= 11 is 0. The number of hydrogen-bond acceptors (Lipinski definition) is 5. The zero-order valence-electron chi connectivity index (χ0n) is 19.6. The summed E-state index contributed by atoms with van der Waals surface area (Å²) in [7, 11) is 1.49. The van der Waals surface area contributed by atoms with Gasteiger partial charge in [-0.05, 0) is 49.1 Å². The minimum atomic E-state index is -0.206. The number of fused-ring (bicyclic) bond motifs is 1. The van der Waals surface area contributed by atoms with Crippen LogP contribution in [0.3, 0.4) is 0 Å². The molecule has 0 saturated heterocycles. The molecule has 1 saturated carbocycles. The third-order valence-electron chi connectivity index (χ3n) is 6.42. The van der Waals surface area contributed by atoms with E-state index in [0.29, 0.717) is 30.4 Å². The van der Waals surface area contributed by atoms with Gasteiger partial charge in [-0.2, -0.15) is 5.26 Å². The zero-order chi connectivity index (χ0) is 24.2. The molecular weight excluding hydrogens is 442 g/mol. The normalized spacial score (nSPS) is 13.4. The number of carbonyl (C=O) groups is 1. The highest BCUT2D eigenvalue weighted by molar-refractivity contribution is 5.96. The van der Waals surface area contributed by atoms with Gasteiger partial charge in [-0.25, -0.2) is 4.98 Å². The van der Waals surface area contributed by atoms with Gasteiger partial charge in [0.15, 0.2) is 0 Å². The molecule has 0 spiro atoms. The number of amides is 1. The molecule has 2 aromatic heterocycles. The van der Waals surface area contributed by atoms with E-state index in [4.69, 9.17) is 9.47 Å². The molecule has 178 valence electrons. The maximum atomic E-state index is 11.8. The molecule has 2 aromatic carbocycles. The molecule has 0 radical (unpaired) electrons. The van der Waals surface area contributed by atoms with Gasteiger partial charge in [0.25, 0.3) is 0 Å². The average Bonchev–Trinajstić information content (AvgIpc) is 3.45. The van der Waals surface area contributed by atoms with E-state index in [1.807, 2.05) is 53.2 Å². The van der Waals surface area contributed by atoms with Crippen LogP contribution in [-0.4, -0.2) is 40.3 Å². The number of anilines is 1. The van der Waals surface area contributed by atoms with Crippen LogP contribution in [0.2, 0.25) is 0 Å². The van der Waals surface area contributed by atoms with E-state index in [-0.39, 0.29) is 12.5 Å². The molecule has 1 amide bonds. The number of nitrogens with one attached hydrogen (secondary N) is 1. The molecule has 8 heteroatoms. The van der Waals surface area contributed by atoms with Crippen LogP contribution in [0.5, 0.6) is 5.75 Å². The summed E-state index contributed by atoms with van der Waals surface area (Å²) in [6, 6.07) is 16.4. The fourth-order valence-electron chi connectivity index (χ4n) is 4.53. The van der Waals surface area contributed by atoms with Gasteiger partial charge in [0.05, 0.1) is 29.6 Å². The Morgan fingerprint density at radius 2 is 2.06 bits per heavy atom. The topological polar surface area (TPSA) is 94.1 Å². The van der Waals surface area contributed by atoms with Crippen molar-refractivity contribution in [2.45, 2.75) is 31.8 Å². The first kappa shape index (κ1) is 22.7. The lowest BCUT2D eigenvalue weighted by Gasteiger charge is -2.30. The quantitative estimate of drug-likeness (QED) is 0.381. The van der Waals surface area contributed by atoms with Crippen LogP contribution in [-0.2, 0) is 16.1 Å². The molecule has 1 aliphatic carbocycles. The number of aromatic nitrogens is 3. The molecule has 5 rings (SSSR count). The SMILES string of the molecule is COCC(=O)Nc1ccc(-c2c(C#N)c3ccc(OCCn4ccnc4)cc3n2C2CCC2)cc1. The Bertz CT molecular complexity index is 1360. The zero-order valence-corrected chi connectivity index (χ0v) is 19.6. The van der Waals surface area contributed by atoms with Gasteiger partial charge in [0.2, 0.25) is 5.91 Å². The van der Waals surface area contributed by atoms with E-state index in [0.717, 1.165) is 40.8 Å². The van der Waals surface area contributed by atoms with Crippen LogP contribution in [0, 0.1) is 11.3 Å². The molecule has 1 N–H and O–H groups in total. The monoisotopic (exact) mass is 469 g/mol. The summed E-state index contributed by atoms with van der Waals surface area (Å²) in [5, 5.41) is 13.9. The van der Waals surface area contributed by atoms with E-state index in [1.54, 1.807) is 12.5 Å². The Morgan fingerprint density at radius 3 is 2.71 bits per heavy atom. The summed E-state index contributed by atoms with van der Waals surface area (Å²) in [5.74, 6) is 0.574. The van der Waals surface area contributed by atoms with Gasteiger partial charge in [0.1, 0.15) is 25.0 Å². The first-order chi connectivity index (χ1) is 17.2. The maximum absolute atomic E-state index is 11.8. The predicted molar refractivity (Wildman–Crippen MR) is 133 cm³/mol. The number of carbonyl (C=O) groups excluding carboxylic acids is 1. The fourth-order valence-corrected chi connectivity index (χ4v) is 4.53. The van der Waals surface area contributed by atoms with E-state index >= 15 is 0 Å². The van der Waals surface area contributed by atoms with Crippen LogP contribution in [0.15, 0.2) is 61.2 Å². The van der Waals surface area contributed by atoms with Crippen molar-refractivity contribution in [3.63, 3.8) is 0 Å². The lowest BCUT2D eigenvalue weighted by molar-refractivity contribution is -0.119. The van der Waals surface area contributed by atoms with Crippen molar-refractivity contribution in [3.8, 4) is 23.1 Å². The highest BCUT2D eigenvalue weighted by Gasteiger charge is 2.28. The summed E-state index contributed by atoms with van der Waals surface area (Å²) in [4.78, 5) is 15.9. The molecule has 8 nitrogen and oxygen atoms in total. The fraction of sp³-hybridized carbons (Fsp3) is 0.296. The van der Waals surface area contributed by atoms with E-state index in [9.17, 15) is 10.1 Å². The Labute approximate surface area is 203 Å². The molecule has 0 unspecified atom stereocenters. The molecule has 0 bridgehead atoms. The summed E-state index contributed by atoms with van der Waals surface area (Å²) in [5.41, 5.74) is 4.22. The summed E-state index contributed by atoms with van der Waals surface area (Å²) < 4.78 is 15.2. The Morgan fingerprint density at radius 1 is 1.23 bits per heavy atom. The van der Waals surface area contributed by atoms with Crippen molar-refractivity contribution in [2.75, 3.05) is 25.6 Å². The Balaban J connectivity index is 1.49. The molecule has 1 fully saturated rings. The second-order valence-corrected chi connectivity index (χ2v) is 8.68. The van der Waals surface area contributed by atoms with Gasteiger partial charge >= 0.3 is 0 Å². The molecule has 35 heavy (non-hydrogen) atoms. The number of hydrogen-bond donors (Lipinski definition) is 1. The highest BCUT2D eigenvalue weighted by atomic mass is 16.5. The van der Waals surface area contributed by atoms with Gasteiger partial charge in [-0.3, -0.25) is 4.79 Å². The van der Waals surface area contributed by atoms with Gasteiger partial charge in [-0.15, -0.1) is 0 Å². The molecule has 4 aromatic rings. The van der Waals surface area contributed by atoms with Gasteiger partial charge in [-0.1, -0.05) is 12.1 Å². The number of methoxy groups -OCH3 is 1. The van der Waals surface area contributed by atoms with Crippen molar-refractivity contribution in [1.29, 1.82) is 5.26 Å². The molecule has 0 atom stereocenters. The highest BCUT2D eigenvalue weighted by Crippen LogP contribution is 2.43. The second-order valence-electron chi connectivity index (χ2n) is 8.68. The number of nitriles is 1. The van der Waals surface area contributed by atoms with Crippen LogP contribution in [0.1, 0.15) is 30.9 Å². The first-order valence-corrected chi connectivity index (χ1v) is 11.7. The predicted octanol–water partition coefficient (Wildman–Crippen LogP) is 4.77. The van der Waals surface area contributed by atoms with Crippen molar-refractivity contribution < 1.29 is 14.3 Å². The summed E-state index contributed by atoms with van der Waals surface area (Å²) in [6.45, 7) is 1.24. The maximum Gasteiger partial charge on any atom is 0.250 e. The molecule has 0 aliphatic heterocycles. The number of rotatable bonds is 9. The molecule has 2 heterocycles. The van der Waals surface area contributed by atoms with E-state index in [1.165, 1.54) is 13.5 Å². The van der Waals surface area contributed by atoms with Gasteiger partial charge in [0, 0.05) is 42.7 Å². The van der Waals surface area contributed by atoms with Crippen LogP contribution < -0.4 is 10.1 Å². The van der Waals surface area contributed by atoms with Crippen molar-refractivity contribution in [1.82, 2.24) is 14.1 Å². The van der Waals surface area contributed by atoms with Crippen LogP contribution in [0.25, 0.3) is 22.2 Å². The molecular formula is C27H27N5O3. The average molecular weight is 470 g/mol. The number of nitrogens with zero attached hydrogens (tertiary/aromatic N) is 4. The third kappa shape index (κ3) is 4.63. The Hall–Kier alpha value is -4.09. The Kier molecular flexibility index (Phi) is 6.51. The lowest BCUT2D eigenvalue weighted by atomic mass is 9.92. The smallest absolute Gasteiger partial charge is 0.250 e. The second kappa shape index (κ2) is 10.0. The number of benzene rings is 2. The van der Waals surface area contributed by atoms with E-state index < -0.39 is 0 Å². The third-order valence-corrected chi connectivity index (χ3v) is 6.42. The van der Waals surface area contributed by atoms with Crippen molar-refractivity contribution in [3.05, 3.63) is 66.7 Å². The summed E-state index contributed by atoms with van der Waals surface area (Å²) in [6.07, 6.45) is 8.78. The largest absolute Gasteiger partial charge is 0.492 e. The molecule has 1 aliphatic rings. The minimum Gasteiger partial charge on any atom is -0.492 e. The number of imidazole rings is 1. The standard InChI is InChI=1S/C27H27N5O3/c1-34-17-26(33)30-20-7-5-19(6-8-20)27-24(16-28)23-10-9-22(35-14-13-31-12-11-29-18-31)15-25(23)32(27)21-3-2-4-21/h5-12,15,18,21H,2-4,13-14,17H2,1H3,(H,30,33). The van der Waals surface area contributed by atoms with Gasteiger partial charge < -0.3 is 23.9 Å². The van der Waals surface area contributed by atoms with E-state index in [2.05, 4.69) is 20.9 Å². The van der Waals surface area contributed by atoms with Crippen LogP contribution >= 0.6 is 0 Å². The number of ether oxygens (including phenoxy) is 2. The first-order valence-electron chi connectivity index (χ1n) is 11.7. The van der Waals surface area contributed by atoms with Crippen molar-refractivity contribution in [2.24, 2.45) is 0 Å². The lowest BCUT2D eigenvalue weighted by Crippen LogP contribution is -2.18.